The molecule has 25 heavy (non-hydrogen) atoms. The average molecular weight is 350 g/mol. The summed E-state index contributed by atoms with van der Waals surface area (Å²) in [6, 6.07) is 0.892. The van der Waals surface area contributed by atoms with Crippen LogP contribution >= 0.6 is 0 Å². The second kappa shape index (κ2) is 7.72. The predicted octanol–water partition coefficient (Wildman–Crippen LogP) is 1.75. The smallest absolute Gasteiger partial charge is 0.345 e. The van der Waals surface area contributed by atoms with Crippen LogP contribution in [0.5, 0.6) is 0 Å². The predicted molar refractivity (Wildman–Crippen MR) is 95.3 cm³/mol. The summed E-state index contributed by atoms with van der Waals surface area (Å²) in [6.07, 6.45) is 5.89. The van der Waals surface area contributed by atoms with Gasteiger partial charge in [0.05, 0.1) is 12.5 Å². The number of nitrogens with two attached hydrogens (primary N) is 1. The molecule has 0 aromatic carbocycles. The number of rotatable bonds is 3. The minimum absolute atomic E-state index is 0.0438. The minimum atomic E-state index is -0.174. The molecular formula is C18H30N4O3. The summed E-state index contributed by atoms with van der Waals surface area (Å²) in [5.41, 5.74) is 5.57. The summed E-state index contributed by atoms with van der Waals surface area (Å²) in [5, 5.41) is 0. The van der Waals surface area contributed by atoms with Crippen molar-refractivity contribution in [2.24, 2.45) is 16.6 Å². The molecule has 3 aliphatic rings. The van der Waals surface area contributed by atoms with E-state index in [0.717, 1.165) is 51.6 Å². The number of nitrogens with zero attached hydrogens (tertiary/aromatic N) is 3. The van der Waals surface area contributed by atoms with E-state index >= 15 is 0 Å². The van der Waals surface area contributed by atoms with E-state index in [4.69, 9.17) is 10.5 Å². The molecule has 2 atom stereocenters. The van der Waals surface area contributed by atoms with E-state index in [-0.39, 0.29) is 30.0 Å². The van der Waals surface area contributed by atoms with Crippen molar-refractivity contribution in [1.29, 1.82) is 0 Å². The summed E-state index contributed by atoms with van der Waals surface area (Å²) in [7, 11) is 0. The maximum absolute atomic E-state index is 12.3. The number of hydrogen-bond acceptors (Lipinski definition) is 4. The number of fused-ring (bicyclic) bond motifs is 2. The van der Waals surface area contributed by atoms with Gasteiger partial charge in [0.1, 0.15) is 5.84 Å². The van der Waals surface area contributed by atoms with Crippen LogP contribution in [0, 0.1) is 5.92 Å². The van der Waals surface area contributed by atoms with Crippen LogP contribution in [0.4, 0.5) is 4.79 Å². The van der Waals surface area contributed by atoms with Gasteiger partial charge in [-0.2, -0.15) is 4.99 Å². The first kappa shape index (κ1) is 18.2. The van der Waals surface area contributed by atoms with Crippen molar-refractivity contribution in [3.05, 3.63) is 0 Å². The Hall–Kier alpha value is -1.63. The van der Waals surface area contributed by atoms with Gasteiger partial charge in [0, 0.05) is 18.1 Å². The lowest BCUT2D eigenvalue weighted by molar-refractivity contribution is -0.150. The van der Waals surface area contributed by atoms with Crippen molar-refractivity contribution in [3.63, 3.8) is 0 Å². The Bertz CT molecular complexity index is 524. The molecule has 3 fully saturated rings. The van der Waals surface area contributed by atoms with E-state index in [2.05, 4.69) is 9.89 Å². The average Bonchev–Trinajstić information content (AvgIpc) is 2.85. The third-order valence-corrected chi connectivity index (χ3v) is 5.87. The zero-order valence-electron chi connectivity index (χ0n) is 15.3. The summed E-state index contributed by atoms with van der Waals surface area (Å²) >= 11 is 0. The number of esters is 1. The number of amidine groups is 1. The Morgan fingerprint density at radius 2 is 1.68 bits per heavy atom. The van der Waals surface area contributed by atoms with E-state index in [1.54, 1.807) is 6.92 Å². The normalized spacial score (nSPS) is 31.2. The van der Waals surface area contributed by atoms with Crippen molar-refractivity contribution in [1.82, 2.24) is 9.80 Å². The van der Waals surface area contributed by atoms with Crippen molar-refractivity contribution in [3.8, 4) is 0 Å². The standard InChI is InChI=1S/C18H30N4O3/c1-3-25-17(23)13-6-8-21(9-7-13)16-10-14-4-5-15(11-16)22(14)18(24)20-12(2)19/h13-16H,3-11H2,1-2H3,(H2,19,20,24). The summed E-state index contributed by atoms with van der Waals surface area (Å²) in [6.45, 7) is 5.86. The first-order valence-corrected chi connectivity index (χ1v) is 9.53. The van der Waals surface area contributed by atoms with Gasteiger partial charge in [-0.3, -0.25) is 4.79 Å². The number of urea groups is 1. The van der Waals surface area contributed by atoms with Gasteiger partial charge in [-0.1, -0.05) is 0 Å². The fourth-order valence-electron chi connectivity index (χ4n) is 4.73. The van der Waals surface area contributed by atoms with Gasteiger partial charge in [0.25, 0.3) is 0 Å². The van der Waals surface area contributed by atoms with E-state index < -0.39 is 0 Å². The van der Waals surface area contributed by atoms with Crippen LogP contribution in [0.2, 0.25) is 0 Å². The topological polar surface area (TPSA) is 88.2 Å². The summed E-state index contributed by atoms with van der Waals surface area (Å²) in [5.74, 6) is 0.335. The molecule has 0 radical (unpaired) electrons. The van der Waals surface area contributed by atoms with Crippen molar-refractivity contribution in [2.45, 2.75) is 70.5 Å². The molecule has 2 amide bonds. The maximum Gasteiger partial charge on any atom is 0.345 e. The highest BCUT2D eigenvalue weighted by molar-refractivity contribution is 5.91. The second-order valence-electron chi connectivity index (χ2n) is 7.52. The van der Waals surface area contributed by atoms with E-state index in [9.17, 15) is 9.59 Å². The molecule has 2 unspecified atom stereocenters. The molecule has 7 nitrogen and oxygen atoms in total. The fraction of sp³-hybridized carbons (Fsp3) is 0.833. The van der Waals surface area contributed by atoms with Gasteiger partial charge in [-0.25, -0.2) is 4.79 Å². The SMILES string of the molecule is CCOC(=O)C1CCN(C2CC3CCC(C2)N3C(=O)/N=C(/C)N)CC1. The van der Waals surface area contributed by atoms with Gasteiger partial charge in [-0.15, -0.1) is 0 Å². The van der Waals surface area contributed by atoms with Gasteiger partial charge < -0.3 is 20.3 Å². The van der Waals surface area contributed by atoms with E-state index in [1.807, 2.05) is 11.8 Å². The lowest BCUT2D eigenvalue weighted by Gasteiger charge is -2.44. The highest BCUT2D eigenvalue weighted by Gasteiger charge is 2.45. The zero-order chi connectivity index (χ0) is 18.0. The van der Waals surface area contributed by atoms with Gasteiger partial charge in [0.15, 0.2) is 0 Å². The Labute approximate surface area is 149 Å². The number of amides is 2. The van der Waals surface area contributed by atoms with Crippen molar-refractivity contribution < 1.29 is 14.3 Å². The van der Waals surface area contributed by atoms with Crippen LogP contribution in [-0.2, 0) is 9.53 Å². The Balaban J connectivity index is 1.55. The number of likely N-dealkylation sites (tertiary alicyclic amines) is 1. The van der Waals surface area contributed by atoms with Gasteiger partial charge in [0.2, 0.25) is 0 Å². The molecular weight excluding hydrogens is 320 g/mol. The van der Waals surface area contributed by atoms with E-state index in [0.29, 0.717) is 18.5 Å². The Morgan fingerprint density at radius 3 is 2.20 bits per heavy atom. The largest absolute Gasteiger partial charge is 0.466 e. The monoisotopic (exact) mass is 350 g/mol. The minimum Gasteiger partial charge on any atom is -0.466 e. The zero-order valence-corrected chi connectivity index (χ0v) is 15.3. The molecule has 0 aliphatic carbocycles. The highest BCUT2D eigenvalue weighted by atomic mass is 16.5. The third-order valence-electron chi connectivity index (χ3n) is 5.87. The molecule has 3 rings (SSSR count). The molecule has 3 heterocycles. The highest BCUT2D eigenvalue weighted by Crippen LogP contribution is 2.39. The molecule has 0 aromatic rings. The van der Waals surface area contributed by atoms with Gasteiger partial charge >= 0.3 is 12.0 Å². The first-order chi connectivity index (χ1) is 12.0. The third kappa shape index (κ3) is 3.97. The molecule has 0 saturated carbocycles. The number of aliphatic imine (C=N–C) groups is 1. The number of carbonyl (C=O) groups is 2. The molecule has 3 aliphatic heterocycles. The quantitative estimate of drug-likeness (QED) is 0.476. The van der Waals surface area contributed by atoms with Crippen molar-refractivity contribution in [2.75, 3.05) is 19.7 Å². The Kier molecular flexibility index (Phi) is 5.61. The van der Waals surface area contributed by atoms with Crippen LogP contribution in [0.15, 0.2) is 4.99 Å². The molecule has 7 heteroatoms. The Morgan fingerprint density at radius 1 is 1.08 bits per heavy atom. The van der Waals surface area contributed by atoms with Crippen LogP contribution in [0.1, 0.15) is 52.4 Å². The number of carbonyl (C=O) groups excluding carboxylic acids is 2. The fourth-order valence-corrected chi connectivity index (χ4v) is 4.73. The lowest BCUT2D eigenvalue weighted by atomic mass is 9.91. The van der Waals surface area contributed by atoms with Gasteiger partial charge in [-0.05, 0) is 65.5 Å². The number of hydrogen-bond donors (Lipinski definition) is 1. The van der Waals surface area contributed by atoms with Crippen LogP contribution in [-0.4, -0.2) is 65.5 Å². The molecule has 2 bridgehead atoms. The molecule has 2 N–H and O–H groups in total. The summed E-state index contributed by atoms with van der Waals surface area (Å²) in [4.78, 5) is 32.6. The summed E-state index contributed by atoms with van der Waals surface area (Å²) < 4.78 is 5.15. The molecule has 140 valence electrons. The molecule has 0 spiro atoms. The molecule has 3 saturated heterocycles. The lowest BCUT2D eigenvalue weighted by Crippen LogP contribution is -2.53. The maximum atomic E-state index is 12.3. The number of piperidine rings is 2. The first-order valence-electron chi connectivity index (χ1n) is 9.53. The van der Waals surface area contributed by atoms with Crippen molar-refractivity contribution >= 4 is 17.8 Å². The number of ether oxygens (including phenoxy) is 1. The van der Waals surface area contributed by atoms with Crippen LogP contribution in [0.25, 0.3) is 0 Å². The van der Waals surface area contributed by atoms with E-state index in [1.165, 1.54) is 0 Å². The van der Waals surface area contributed by atoms with Crippen LogP contribution in [0.3, 0.4) is 0 Å². The van der Waals surface area contributed by atoms with Crippen LogP contribution < -0.4 is 5.73 Å². The second-order valence-corrected chi connectivity index (χ2v) is 7.52. The molecule has 0 aromatic heterocycles.